The van der Waals surface area contributed by atoms with Gasteiger partial charge in [-0.3, -0.25) is 4.72 Å². The summed E-state index contributed by atoms with van der Waals surface area (Å²) in [4.78, 5) is -0.132. The average Bonchev–Trinajstić information content (AvgIpc) is 2.44. The van der Waals surface area contributed by atoms with Gasteiger partial charge in [-0.15, -0.1) is 0 Å². The van der Waals surface area contributed by atoms with Crippen molar-refractivity contribution in [2.45, 2.75) is 18.4 Å². The molecule has 0 radical (unpaired) electrons. The Morgan fingerprint density at radius 2 is 2.00 bits per heavy atom. The summed E-state index contributed by atoms with van der Waals surface area (Å²) in [6, 6.07) is 8.09. The lowest BCUT2D eigenvalue weighted by Gasteiger charge is -2.12. The first-order valence-corrected chi connectivity index (χ1v) is 7.88. The lowest BCUT2D eigenvalue weighted by atomic mass is 10.2. The number of benzene rings is 2. The Kier molecular flexibility index (Phi) is 4.51. The molecular formula is C14H13ClFNO3S. The first-order valence-electron chi connectivity index (χ1n) is 6.02. The van der Waals surface area contributed by atoms with Crippen LogP contribution in [0, 0.1) is 12.7 Å². The van der Waals surface area contributed by atoms with Gasteiger partial charge in [-0.2, -0.15) is 0 Å². The molecule has 7 heteroatoms. The van der Waals surface area contributed by atoms with E-state index < -0.39 is 22.4 Å². The highest BCUT2D eigenvalue weighted by Crippen LogP contribution is 2.26. The van der Waals surface area contributed by atoms with Gasteiger partial charge < -0.3 is 5.11 Å². The zero-order valence-electron chi connectivity index (χ0n) is 11.1. The van der Waals surface area contributed by atoms with Crippen molar-refractivity contribution in [1.29, 1.82) is 0 Å². The first kappa shape index (κ1) is 15.8. The highest BCUT2D eigenvalue weighted by molar-refractivity contribution is 7.92. The Morgan fingerprint density at radius 3 is 2.67 bits per heavy atom. The predicted molar refractivity (Wildman–Crippen MR) is 79.3 cm³/mol. The molecule has 2 aromatic carbocycles. The Hall–Kier alpha value is -1.63. The Morgan fingerprint density at radius 1 is 1.29 bits per heavy atom. The van der Waals surface area contributed by atoms with Crippen molar-refractivity contribution in [3.8, 4) is 0 Å². The third-order valence-electron chi connectivity index (χ3n) is 3.01. The van der Waals surface area contributed by atoms with Gasteiger partial charge in [0, 0.05) is 10.6 Å². The first-order chi connectivity index (χ1) is 9.85. The van der Waals surface area contributed by atoms with E-state index in [9.17, 15) is 12.8 Å². The fourth-order valence-corrected chi connectivity index (χ4v) is 3.11. The van der Waals surface area contributed by atoms with Gasteiger partial charge in [-0.25, -0.2) is 12.8 Å². The van der Waals surface area contributed by atoms with Gasteiger partial charge in [-0.1, -0.05) is 17.7 Å². The molecule has 0 saturated heterocycles. The average molecular weight is 330 g/mol. The Labute approximate surface area is 127 Å². The predicted octanol–water partition coefficient (Wildman–Crippen LogP) is 3.08. The molecular weight excluding hydrogens is 317 g/mol. The van der Waals surface area contributed by atoms with Crippen LogP contribution >= 0.6 is 11.6 Å². The molecule has 0 aromatic heterocycles. The summed E-state index contributed by atoms with van der Waals surface area (Å²) in [7, 11) is -3.89. The van der Waals surface area contributed by atoms with Crippen molar-refractivity contribution in [2.75, 3.05) is 4.72 Å². The Balaban J connectivity index is 2.41. The van der Waals surface area contributed by atoms with Gasteiger partial charge in [0.05, 0.1) is 17.2 Å². The SMILES string of the molecule is Cc1c(Cl)cccc1NS(=O)(=O)c1ccc(F)c(CO)c1. The summed E-state index contributed by atoms with van der Waals surface area (Å²) >= 11 is 5.94. The second-order valence-electron chi connectivity index (χ2n) is 4.43. The highest BCUT2D eigenvalue weighted by Gasteiger charge is 2.17. The molecule has 0 fully saturated rings. The van der Waals surface area contributed by atoms with Crippen LogP contribution in [-0.2, 0) is 16.6 Å². The molecule has 0 aliphatic carbocycles. The van der Waals surface area contributed by atoms with E-state index in [1.54, 1.807) is 25.1 Å². The van der Waals surface area contributed by atoms with Crippen LogP contribution in [0.3, 0.4) is 0 Å². The van der Waals surface area contributed by atoms with Crippen LogP contribution in [0.1, 0.15) is 11.1 Å². The largest absolute Gasteiger partial charge is 0.392 e. The maximum Gasteiger partial charge on any atom is 0.261 e. The molecule has 0 aliphatic heterocycles. The Bertz CT molecular complexity index is 778. The summed E-state index contributed by atoms with van der Waals surface area (Å²) in [5.74, 6) is -0.657. The molecule has 2 rings (SSSR count). The van der Waals surface area contributed by atoms with E-state index in [0.717, 1.165) is 18.2 Å². The van der Waals surface area contributed by atoms with Crippen molar-refractivity contribution < 1.29 is 17.9 Å². The van der Waals surface area contributed by atoms with Crippen LogP contribution in [0.4, 0.5) is 10.1 Å². The molecule has 21 heavy (non-hydrogen) atoms. The van der Waals surface area contributed by atoms with Gasteiger partial charge in [0.25, 0.3) is 10.0 Å². The summed E-state index contributed by atoms with van der Waals surface area (Å²) in [5, 5.41) is 9.44. The normalized spacial score (nSPS) is 11.4. The lowest BCUT2D eigenvalue weighted by Crippen LogP contribution is -2.14. The van der Waals surface area contributed by atoms with E-state index >= 15 is 0 Å². The van der Waals surface area contributed by atoms with Crippen LogP contribution in [0.2, 0.25) is 5.02 Å². The quantitative estimate of drug-likeness (QED) is 0.906. The van der Waals surface area contributed by atoms with E-state index in [0.29, 0.717) is 16.3 Å². The van der Waals surface area contributed by atoms with Crippen molar-refractivity contribution in [2.24, 2.45) is 0 Å². The maximum absolute atomic E-state index is 13.3. The lowest BCUT2D eigenvalue weighted by molar-refractivity contribution is 0.275. The fourth-order valence-electron chi connectivity index (χ4n) is 1.76. The number of halogens is 2. The minimum atomic E-state index is -3.89. The maximum atomic E-state index is 13.3. The van der Waals surface area contributed by atoms with E-state index in [-0.39, 0.29) is 10.5 Å². The molecule has 0 bridgehead atoms. The summed E-state index contributed by atoms with van der Waals surface area (Å²) in [6.07, 6.45) is 0. The van der Waals surface area contributed by atoms with Crippen molar-refractivity contribution in [3.63, 3.8) is 0 Å². The number of sulfonamides is 1. The smallest absolute Gasteiger partial charge is 0.261 e. The van der Waals surface area contributed by atoms with Crippen LogP contribution in [0.5, 0.6) is 0 Å². The number of rotatable bonds is 4. The number of hydrogen-bond donors (Lipinski definition) is 2. The molecule has 0 spiro atoms. The van der Waals surface area contributed by atoms with Gasteiger partial charge >= 0.3 is 0 Å². The zero-order chi connectivity index (χ0) is 15.6. The number of anilines is 1. The molecule has 0 heterocycles. The molecule has 0 unspecified atom stereocenters. The molecule has 0 aliphatic rings. The van der Waals surface area contributed by atoms with E-state index in [4.69, 9.17) is 16.7 Å². The van der Waals surface area contributed by atoms with Crippen LogP contribution < -0.4 is 4.72 Å². The molecule has 0 saturated carbocycles. The van der Waals surface area contributed by atoms with Crippen molar-refractivity contribution >= 4 is 27.3 Å². The third kappa shape index (κ3) is 3.34. The monoisotopic (exact) mass is 329 g/mol. The van der Waals surface area contributed by atoms with E-state index in [2.05, 4.69) is 4.72 Å². The fraction of sp³-hybridized carbons (Fsp3) is 0.143. The highest BCUT2D eigenvalue weighted by atomic mass is 35.5. The van der Waals surface area contributed by atoms with Gasteiger partial charge in [-0.05, 0) is 42.8 Å². The second kappa shape index (κ2) is 6.01. The van der Waals surface area contributed by atoms with Gasteiger partial charge in [0.1, 0.15) is 5.82 Å². The van der Waals surface area contributed by atoms with E-state index in [1.165, 1.54) is 0 Å². The zero-order valence-corrected chi connectivity index (χ0v) is 12.7. The third-order valence-corrected chi connectivity index (χ3v) is 4.78. The molecule has 2 aromatic rings. The molecule has 112 valence electrons. The summed E-state index contributed by atoms with van der Waals surface area (Å²) in [5.41, 5.74) is 0.852. The number of hydrogen-bond acceptors (Lipinski definition) is 3. The van der Waals surface area contributed by atoms with E-state index in [1.807, 2.05) is 0 Å². The number of aliphatic hydroxyl groups is 1. The minimum Gasteiger partial charge on any atom is -0.392 e. The van der Waals surface area contributed by atoms with Crippen LogP contribution in [0.15, 0.2) is 41.3 Å². The van der Waals surface area contributed by atoms with Crippen LogP contribution in [0.25, 0.3) is 0 Å². The van der Waals surface area contributed by atoms with Crippen molar-refractivity contribution in [1.82, 2.24) is 0 Å². The minimum absolute atomic E-state index is 0.0827. The molecule has 0 amide bonds. The van der Waals surface area contributed by atoms with Gasteiger partial charge in [0.15, 0.2) is 0 Å². The second-order valence-corrected chi connectivity index (χ2v) is 6.52. The number of aliphatic hydroxyl groups excluding tert-OH is 1. The number of nitrogens with one attached hydrogen (secondary N) is 1. The summed E-state index contributed by atoms with van der Waals surface area (Å²) in [6.45, 7) is 1.11. The summed E-state index contributed by atoms with van der Waals surface area (Å²) < 4.78 is 40.3. The van der Waals surface area contributed by atoms with Crippen LogP contribution in [-0.4, -0.2) is 13.5 Å². The van der Waals surface area contributed by atoms with Gasteiger partial charge in [0.2, 0.25) is 0 Å². The topological polar surface area (TPSA) is 66.4 Å². The van der Waals surface area contributed by atoms with Crippen molar-refractivity contribution in [3.05, 3.63) is 58.4 Å². The molecule has 0 atom stereocenters. The molecule has 4 nitrogen and oxygen atoms in total. The standard InChI is InChI=1S/C14H13ClFNO3S/c1-9-12(15)3-2-4-14(9)17-21(19,20)11-5-6-13(16)10(7-11)8-18/h2-7,17-18H,8H2,1H3. The molecule has 2 N–H and O–H groups in total.